The zero-order valence-corrected chi connectivity index (χ0v) is 11.7. The summed E-state index contributed by atoms with van der Waals surface area (Å²) in [6, 6.07) is 6.22. The van der Waals surface area contributed by atoms with Gasteiger partial charge in [-0.15, -0.1) is 0 Å². The van der Waals surface area contributed by atoms with Crippen LogP contribution in [0, 0.1) is 6.92 Å². The Hall–Kier alpha value is -1.32. The number of hydrogen-bond donors (Lipinski definition) is 1. The molecule has 1 atom stereocenters. The van der Waals surface area contributed by atoms with Crippen LogP contribution in [0.25, 0.3) is 0 Å². The Bertz CT molecular complexity index is 534. The van der Waals surface area contributed by atoms with E-state index in [1.54, 1.807) is 0 Å². The fourth-order valence-corrected chi connectivity index (χ4v) is 2.18. The smallest absolute Gasteiger partial charge is 0.130 e. The summed E-state index contributed by atoms with van der Waals surface area (Å²) >= 11 is 6.08. The van der Waals surface area contributed by atoms with Crippen molar-refractivity contribution in [3.8, 4) is 0 Å². The van der Waals surface area contributed by atoms with E-state index in [9.17, 15) is 0 Å². The van der Waals surface area contributed by atoms with E-state index in [1.165, 1.54) is 5.56 Å². The third-order valence-electron chi connectivity index (χ3n) is 3.04. The summed E-state index contributed by atoms with van der Waals surface area (Å²) in [7, 11) is 2.01. The predicted molar refractivity (Wildman–Crippen MR) is 74.9 cm³/mol. The van der Waals surface area contributed by atoms with E-state index in [-0.39, 0.29) is 6.04 Å². The molecule has 3 nitrogen and oxygen atoms in total. The Morgan fingerprint density at radius 1 is 1.44 bits per heavy atom. The number of rotatable bonds is 4. The van der Waals surface area contributed by atoms with Gasteiger partial charge < -0.3 is 9.88 Å². The number of halogens is 1. The lowest BCUT2D eigenvalue weighted by Crippen LogP contribution is -2.24. The Morgan fingerprint density at radius 2 is 2.22 bits per heavy atom. The average Bonchev–Trinajstić information content (AvgIpc) is 2.76. The lowest BCUT2D eigenvalue weighted by atomic mass is 10.0. The highest BCUT2D eigenvalue weighted by atomic mass is 35.5. The zero-order chi connectivity index (χ0) is 13.1. The van der Waals surface area contributed by atoms with Crippen LogP contribution in [-0.2, 0) is 7.05 Å². The number of imidazole rings is 1. The first-order chi connectivity index (χ1) is 8.63. The number of hydrogen-bond acceptors (Lipinski definition) is 2. The van der Waals surface area contributed by atoms with Gasteiger partial charge in [-0.2, -0.15) is 0 Å². The quantitative estimate of drug-likeness (QED) is 0.919. The highest BCUT2D eigenvalue weighted by molar-refractivity contribution is 6.31. The van der Waals surface area contributed by atoms with Crippen LogP contribution in [0.3, 0.4) is 0 Å². The van der Waals surface area contributed by atoms with Gasteiger partial charge in [0.1, 0.15) is 5.82 Å². The molecule has 1 heterocycles. The molecule has 0 saturated heterocycles. The summed E-state index contributed by atoms with van der Waals surface area (Å²) in [6.45, 7) is 5.01. The van der Waals surface area contributed by atoms with Gasteiger partial charge in [0.2, 0.25) is 0 Å². The first-order valence-electron chi connectivity index (χ1n) is 6.10. The van der Waals surface area contributed by atoms with Gasteiger partial charge in [0.15, 0.2) is 0 Å². The molecule has 0 saturated carbocycles. The Kier molecular flexibility index (Phi) is 4.04. The molecule has 1 aromatic heterocycles. The normalized spacial score (nSPS) is 12.7. The van der Waals surface area contributed by atoms with Crippen molar-refractivity contribution < 1.29 is 0 Å². The summed E-state index contributed by atoms with van der Waals surface area (Å²) in [5.74, 6) is 1.01. The monoisotopic (exact) mass is 263 g/mol. The second-order valence-corrected chi connectivity index (χ2v) is 4.80. The number of aromatic nitrogens is 2. The molecule has 0 spiro atoms. The molecule has 18 heavy (non-hydrogen) atoms. The molecule has 4 heteroatoms. The molecule has 0 aliphatic carbocycles. The third kappa shape index (κ3) is 2.57. The van der Waals surface area contributed by atoms with E-state index in [0.29, 0.717) is 0 Å². The molecule has 0 bridgehead atoms. The van der Waals surface area contributed by atoms with Crippen LogP contribution in [-0.4, -0.2) is 16.1 Å². The van der Waals surface area contributed by atoms with Gasteiger partial charge in [0, 0.05) is 24.5 Å². The summed E-state index contributed by atoms with van der Waals surface area (Å²) in [4.78, 5) is 4.43. The van der Waals surface area contributed by atoms with Crippen LogP contribution < -0.4 is 5.32 Å². The van der Waals surface area contributed by atoms with Crippen molar-refractivity contribution in [2.24, 2.45) is 7.05 Å². The highest BCUT2D eigenvalue weighted by Gasteiger charge is 2.17. The van der Waals surface area contributed by atoms with Gasteiger partial charge in [-0.05, 0) is 30.7 Å². The van der Waals surface area contributed by atoms with Crippen molar-refractivity contribution in [1.29, 1.82) is 0 Å². The van der Waals surface area contributed by atoms with Gasteiger partial charge in [0.05, 0.1) is 6.04 Å². The lowest BCUT2D eigenvalue weighted by molar-refractivity contribution is 0.577. The molecule has 2 rings (SSSR count). The highest BCUT2D eigenvalue weighted by Crippen LogP contribution is 2.24. The first-order valence-corrected chi connectivity index (χ1v) is 6.48. The Balaban J connectivity index is 2.41. The van der Waals surface area contributed by atoms with Gasteiger partial charge in [-0.1, -0.05) is 30.7 Å². The van der Waals surface area contributed by atoms with Crippen LogP contribution in [0.5, 0.6) is 0 Å². The van der Waals surface area contributed by atoms with Gasteiger partial charge in [-0.25, -0.2) is 4.98 Å². The minimum Gasteiger partial charge on any atom is -0.336 e. The lowest BCUT2D eigenvalue weighted by Gasteiger charge is -2.19. The van der Waals surface area contributed by atoms with Crippen LogP contribution in [0.15, 0.2) is 30.6 Å². The summed E-state index contributed by atoms with van der Waals surface area (Å²) in [5.41, 5.74) is 2.28. The van der Waals surface area contributed by atoms with E-state index in [1.807, 2.05) is 37.0 Å². The second kappa shape index (κ2) is 5.55. The Labute approximate surface area is 113 Å². The summed E-state index contributed by atoms with van der Waals surface area (Å²) in [6.07, 6.45) is 3.78. The predicted octanol–water partition coefficient (Wildman–Crippen LogP) is 3.08. The molecule has 0 aliphatic heterocycles. The number of nitrogens with one attached hydrogen (secondary N) is 1. The van der Waals surface area contributed by atoms with Crippen LogP contribution in [0.4, 0.5) is 0 Å². The number of aryl methyl sites for hydroxylation is 2. The van der Waals surface area contributed by atoms with Crippen molar-refractivity contribution in [2.45, 2.75) is 19.9 Å². The van der Waals surface area contributed by atoms with E-state index >= 15 is 0 Å². The minimum atomic E-state index is 0.103. The molecule has 96 valence electrons. The third-order valence-corrected chi connectivity index (χ3v) is 3.46. The fourth-order valence-electron chi connectivity index (χ4n) is 2.07. The van der Waals surface area contributed by atoms with Crippen LogP contribution in [0.1, 0.15) is 29.9 Å². The van der Waals surface area contributed by atoms with E-state index in [2.05, 4.69) is 29.4 Å². The molecule has 0 radical (unpaired) electrons. The molecule has 0 fully saturated rings. The molecular weight excluding hydrogens is 246 g/mol. The maximum Gasteiger partial charge on any atom is 0.130 e. The van der Waals surface area contributed by atoms with Gasteiger partial charge in [0.25, 0.3) is 0 Å². The van der Waals surface area contributed by atoms with Crippen molar-refractivity contribution >= 4 is 11.6 Å². The van der Waals surface area contributed by atoms with Crippen LogP contribution in [0.2, 0.25) is 5.02 Å². The maximum atomic E-state index is 6.08. The van der Waals surface area contributed by atoms with Crippen molar-refractivity contribution in [2.75, 3.05) is 6.54 Å². The molecule has 1 unspecified atom stereocenters. The molecule has 2 aromatic rings. The number of benzene rings is 1. The SMILES string of the molecule is CCNC(c1ccc(Cl)c(C)c1)c1nccn1C. The van der Waals surface area contributed by atoms with E-state index in [0.717, 1.165) is 23.0 Å². The number of nitrogens with zero attached hydrogens (tertiary/aromatic N) is 2. The summed E-state index contributed by atoms with van der Waals surface area (Å²) < 4.78 is 2.04. The largest absolute Gasteiger partial charge is 0.336 e. The fraction of sp³-hybridized carbons (Fsp3) is 0.357. The maximum absolute atomic E-state index is 6.08. The van der Waals surface area contributed by atoms with Crippen LogP contribution >= 0.6 is 11.6 Å². The van der Waals surface area contributed by atoms with Gasteiger partial charge >= 0.3 is 0 Å². The van der Waals surface area contributed by atoms with Crippen molar-refractivity contribution in [3.63, 3.8) is 0 Å². The van der Waals surface area contributed by atoms with Crippen molar-refractivity contribution in [1.82, 2.24) is 14.9 Å². The van der Waals surface area contributed by atoms with E-state index in [4.69, 9.17) is 11.6 Å². The van der Waals surface area contributed by atoms with Gasteiger partial charge in [-0.3, -0.25) is 0 Å². The first kappa shape index (κ1) is 13.1. The molecule has 0 amide bonds. The summed E-state index contributed by atoms with van der Waals surface area (Å²) in [5, 5.41) is 4.26. The minimum absolute atomic E-state index is 0.103. The average molecular weight is 264 g/mol. The molecule has 1 N–H and O–H groups in total. The second-order valence-electron chi connectivity index (χ2n) is 4.40. The molecule has 1 aromatic carbocycles. The Morgan fingerprint density at radius 3 is 2.78 bits per heavy atom. The topological polar surface area (TPSA) is 29.9 Å². The molecular formula is C14H18ClN3. The van der Waals surface area contributed by atoms with Crippen molar-refractivity contribution in [3.05, 3.63) is 52.6 Å². The zero-order valence-electron chi connectivity index (χ0n) is 10.9. The standard InChI is InChI=1S/C14H18ClN3/c1-4-16-13(14-17-7-8-18(14)3)11-5-6-12(15)10(2)9-11/h5-9,13,16H,4H2,1-3H3. The molecule has 0 aliphatic rings. The van der Waals surface area contributed by atoms with E-state index < -0.39 is 0 Å².